The van der Waals surface area contributed by atoms with Crippen molar-refractivity contribution in [3.05, 3.63) is 18.6 Å². The predicted octanol–water partition coefficient (Wildman–Crippen LogP) is 2.13. The summed E-state index contributed by atoms with van der Waals surface area (Å²) in [6.45, 7) is 2.57. The molecule has 9 nitrogen and oxygen atoms in total. The van der Waals surface area contributed by atoms with Crippen LogP contribution in [0.25, 0.3) is 0 Å². The Balaban J connectivity index is 1.54. The number of carbonyl (C=O) groups excluding carboxylic acids is 3. The lowest BCUT2D eigenvalue weighted by Crippen LogP contribution is -2.48. The Kier molecular flexibility index (Phi) is 6.22. The molecule has 1 aromatic heterocycles. The van der Waals surface area contributed by atoms with Crippen molar-refractivity contribution in [2.24, 2.45) is 23.2 Å². The second kappa shape index (κ2) is 8.90. The molecule has 0 bridgehead atoms. The Morgan fingerprint density at radius 1 is 1.29 bits per heavy atom. The van der Waals surface area contributed by atoms with Crippen LogP contribution >= 0.6 is 0 Å². The third-order valence-electron chi connectivity index (χ3n) is 7.51. The smallest absolute Gasteiger partial charge is 0.248 e. The van der Waals surface area contributed by atoms with E-state index in [1.165, 1.54) is 6.33 Å². The Bertz CT molecular complexity index is 822. The first-order valence-corrected chi connectivity index (χ1v) is 11.2. The predicted molar refractivity (Wildman–Crippen MR) is 112 cm³/mol. The highest BCUT2D eigenvalue weighted by Gasteiger charge is 2.56. The first-order chi connectivity index (χ1) is 14.9. The van der Waals surface area contributed by atoms with E-state index in [-0.39, 0.29) is 29.6 Å². The van der Waals surface area contributed by atoms with Crippen molar-refractivity contribution in [2.45, 2.75) is 64.3 Å². The van der Waals surface area contributed by atoms with Crippen molar-refractivity contribution in [3.8, 4) is 0 Å². The van der Waals surface area contributed by atoms with E-state index in [0.29, 0.717) is 24.7 Å². The molecule has 3 amide bonds. The summed E-state index contributed by atoms with van der Waals surface area (Å²) in [5, 5.41) is 11.9. The number of likely N-dealkylation sites (tertiary alicyclic amines) is 1. The Morgan fingerprint density at radius 3 is 2.65 bits per heavy atom. The first kappa shape index (κ1) is 21.7. The summed E-state index contributed by atoms with van der Waals surface area (Å²) in [6, 6.07) is 1.03. The summed E-state index contributed by atoms with van der Waals surface area (Å²) >= 11 is 0. The van der Waals surface area contributed by atoms with Crippen molar-refractivity contribution in [3.63, 3.8) is 0 Å². The highest BCUT2D eigenvalue weighted by atomic mass is 16.5. The molecule has 0 radical (unpaired) electrons. The van der Waals surface area contributed by atoms with Crippen molar-refractivity contribution < 1.29 is 19.6 Å². The van der Waals surface area contributed by atoms with E-state index in [0.717, 1.165) is 38.5 Å². The fraction of sp³-hybridized carbons (Fsp3) is 0.682. The average Bonchev–Trinajstić information content (AvgIpc) is 3.17. The van der Waals surface area contributed by atoms with Crippen LogP contribution in [-0.4, -0.2) is 50.4 Å². The number of rotatable bonds is 7. The first-order valence-electron chi connectivity index (χ1n) is 11.2. The van der Waals surface area contributed by atoms with Crippen LogP contribution in [0.15, 0.2) is 18.6 Å². The van der Waals surface area contributed by atoms with E-state index < -0.39 is 17.9 Å². The van der Waals surface area contributed by atoms with E-state index in [1.54, 1.807) is 22.6 Å². The van der Waals surface area contributed by atoms with Gasteiger partial charge in [0.25, 0.3) is 0 Å². The number of hydrogen-bond acceptors (Lipinski definition) is 6. The highest BCUT2D eigenvalue weighted by molar-refractivity contribution is 5.98. The summed E-state index contributed by atoms with van der Waals surface area (Å²) in [4.78, 5) is 48.4. The fourth-order valence-electron chi connectivity index (χ4n) is 5.40. The molecule has 1 aliphatic heterocycles. The van der Waals surface area contributed by atoms with Gasteiger partial charge in [0.15, 0.2) is 0 Å². The summed E-state index contributed by atoms with van der Waals surface area (Å²) in [7, 11) is 0. The number of hydroxylamine groups is 1. The molecule has 2 heterocycles. The molecular formula is C22H31N5O4. The molecule has 2 aliphatic carbocycles. The van der Waals surface area contributed by atoms with Crippen LogP contribution in [-0.2, 0) is 14.4 Å². The molecular weight excluding hydrogens is 398 g/mol. The van der Waals surface area contributed by atoms with E-state index in [4.69, 9.17) is 5.21 Å². The third kappa shape index (κ3) is 4.71. The van der Waals surface area contributed by atoms with Gasteiger partial charge < -0.3 is 10.2 Å². The number of anilines is 1. The maximum Gasteiger partial charge on any atom is 0.248 e. The molecule has 31 heavy (non-hydrogen) atoms. The lowest BCUT2D eigenvalue weighted by molar-refractivity contribution is -0.145. The van der Waals surface area contributed by atoms with Gasteiger partial charge in [-0.05, 0) is 42.6 Å². The van der Waals surface area contributed by atoms with Gasteiger partial charge >= 0.3 is 0 Å². The second-order valence-corrected chi connectivity index (χ2v) is 9.52. The van der Waals surface area contributed by atoms with E-state index in [2.05, 4.69) is 15.3 Å². The number of aromatic nitrogens is 2. The van der Waals surface area contributed by atoms with Crippen LogP contribution in [0.1, 0.15) is 58.3 Å². The van der Waals surface area contributed by atoms with Gasteiger partial charge in [-0.15, -0.1) is 0 Å². The van der Waals surface area contributed by atoms with E-state index in [9.17, 15) is 14.4 Å². The van der Waals surface area contributed by atoms with Gasteiger partial charge in [0.2, 0.25) is 17.7 Å². The zero-order valence-corrected chi connectivity index (χ0v) is 17.9. The van der Waals surface area contributed by atoms with Crippen molar-refractivity contribution >= 4 is 23.5 Å². The van der Waals surface area contributed by atoms with Crippen LogP contribution < -0.4 is 10.8 Å². The lowest BCUT2D eigenvalue weighted by atomic mass is 9.79. The van der Waals surface area contributed by atoms with Gasteiger partial charge in [-0.3, -0.25) is 19.6 Å². The van der Waals surface area contributed by atoms with E-state index in [1.807, 2.05) is 6.92 Å². The molecule has 168 valence electrons. The highest BCUT2D eigenvalue weighted by Crippen LogP contribution is 2.55. The van der Waals surface area contributed by atoms with Crippen LogP contribution in [0.5, 0.6) is 0 Å². The van der Waals surface area contributed by atoms with Gasteiger partial charge in [-0.1, -0.05) is 32.6 Å². The zero-order chi connectivity index (χ0) is 22.0. The Hall–Kier alpha value is -2.55. The lowest BCUT2D eigenvalue weighted by Gasteiger charge is -2.33. The van der Waals surface area contributed by atoms with Gasteiger partial charge in [-0.25, -0.2) is 15.4 Å². The SMILES string of the molecule is C[C@@H](C1CCCC1)C(CC(=O)NO)C(=O)N1CC2(CC2)C[C@H]1C(=O)Nc1ccncn1. The number of nitrogens with one attached hydrogen (secondary N) is 2. The summed E-state index contributed by atoms with van der Waals surface area (Å²) < 4.78 is 0. The summed E-state index contributed by atoms with van der Waals surface area (Å²) in [5.41, 5.74) is 1.70. The molecule has 3 N–H and O–H groups in total. The zero-order valence-electron chi connectivity index (χ0n) is 17.9. The number of amides is 3. The molecule has 9 heteroatoms. The molecule has 1 aromatic rings. The Labute approximate surface area is 182 Å². The van der Waals surface area contributed by atoms with Crippen LogP contribution in [0.3, 0.4) is 0 Å². The topological polar surface area (TPSA) is 125 Å². The van der Waals surface area contributed by atoms with Gasteiger partial charge in [0.05, 0.1) is 0 Å². The summed E-state index contributed by atoms with van der Waals surface area (Å²) in [6.07, 6.45) is 9.86. The van der Waals surface area contributed by atoms with Crippen LogP contribution in [0.4, 0.5) is 5.82 Å². The molecule has 2 saturated carbocycles. The number of carbonyl (C=O) groups is 3. The van der Waals surface area contributed by atoms with Crippen molar-refractivity contribution in [1.82, 2.24) is 20.3 Å². The molecule has 4 rings (SSSR count). The molecule has 3 fully saturated rings. The number of hydrogen-bond donors (Lipinski definition) is 3. The molecule has 3 atom stereocenters. The molecule has 1 unspecified atom stereocenters. The van der Waals surface area contributed by atoms with Crippen molar-refractivity contribution in [2.75, 3.05) is 11.9 Å². The molecule has 0 aromatic carbocycles. The average molecular weight is 430 g/mol. The van der Waals surface area contributed by atoms with Gasteiger partial charge in [0, 0.05) is 25.1 Å². The van der Waals surface area contributed by atoms with Crippen LogP contribution in [0.2, 0.25) is 0 Å². The maximum atomic E-state index is 13.7. The van der Waals surface area contributed by atoms with Gasteiger partial charge in [0.1, 0.15) is 18.2 Å². The molecule has 3 aliphatic rings. The fourth-order valence-corrected chi connectivity index (χ4v) is 5.40. The normalized spacial score (nSPS) is 24.1. The Morgan fingerprint density at radius 2 is 2.03 bits per heavy atom. The minimum absolute atomic E-state index is 0.00799. The second-order valence-electron chi connectivity index (χ2n) is 9.52. The quantitative estimate of drug-likeness (QED) is 0.450. The van der Waals surface area contributed by atoms with E-state index >= 15 is 0 Å². The van der Waals surface area contributed by atoms with Crippen molar-refractivity contribution in [1.29, 1.82) is 0 Å². The largest absolute Gasteiger partial charge is 0.330 e. The minimum Gasteiger partial charge on any atom is -0.330 e. The molecule has 1 saturated heterocycles. The minimum atomic E-state index is -0.583. The standard InChI is InChI=1S/C22H31N5O4/c1-14(15-4-2-3-5-15)16(10-19(28)26-31)21(30)27-12-22(7-8-22)11-17(27)20(29)25-18-6-9-23-13-24-18/h6,9,13-17,31H,2-5,7-8,10-12H2,1H3,(H,26,28)(H,23,24,25,29)/t14-,16?,17-/m0/s1. The summed E-state index contributed by atoms with van der Waals surface area (Å²) in [5.74, 6) is -0.743. The molecule has 1 spiro atoms. The number of nitrogens with zero attached hydrogens (tertiary/aromatic N) is 3. The van der Waals surface area contributed by atoms with Gasteiger partial charge in [-0.2, -0.15) is 0 Å². The van der Waals surface area contributed by atoms with Crippen LogP contribution in [0, 0.1) is 23.2 Å². The monoisotopic (exact) mass is 429 g/mol. The maximum absolute atomic E-state index is 13.7. The third-order valence-corrected chi connectivity index (χ3v) is 7.51.